The van der Waals surface area contributed by atoms with Crippen molar-refractivity contribution >= 4 is 6.01 Å². The van der Waals surface area contributed by atoms with Crippen LogP contribution in [0.15, 0.2) is 40.9 Å². The topological polar surface area (TPSA) is 78.0 Å². The number of rotatable bonds is 6. The number of ether oxygens (including phenoxy) is 1. The minimum atomic E-state index is 0.384. The number of benzene rings is 1. The Morgan fingerprint density at radius 3 is 2.73 bits per heavy atom. The first kappa shape index (κ1) is 14.1. The Morgan fingerprint density at radius 1 is 1.18 bits per heavy atom. The summed E-state index contributed by atoms with van der Waals surface area (Å²) in [5.74, 6) is 1.25. The molecule has 0 spiro atoms. The van der Waals surface area contributed by atoms with Crippen LogP contribution in [0, 0.1) is 0 Å². The zero-order chi connectivity index (χ0) is 15.4. The van der Waals surface area contributed by atoms with Crippen molar-refractivity contribution in [3.8, 4) is 17.2 Å². The molecular formula is C15H17N5O2. The molecule has 7 nitrogen and oxygen atoms in total. The molecule has 2 heterocycles. The highest BCUT2D eigenvalue weighted by Crippen LogP contribution is 2.22. The summed E-state index contributed by atoms with van der Waals surface area (Å²) >= 11 is 0. The average Bonchev–Trinajstić information content (AvgIpc) is 3.21. The predicted molar refractivity (Wildman–Crippen MR) is 81.5 cm³/mol. The largest absolute Gasteiger partial charge is 0.497 e. The molecule has 7 heteroatoms. The summed E-state index contributed by atoms with van der Waals surface area (Å²) in [6, 6.07) is 9.80. The van der Waals surface area contributed by atoms with Crippen LogP contribution in [0.25, 0.3) is 11.5 Å². The van der Waals surface area contributed by atoms with Crippen molar-refractivity contribution < 1.29 is 9.15 Å². The van der Waals surface area contributed by atoms with E-state index in [-0.39, 0.29) is 0 Å². The molecule has 0 fully saturated rings. The van der Waals surface area contributed by atoms with E-state index in [9.17, 15) is 0 Å². The standard InChI is InChI=1S/C15H17N5O2/c1-3-20-12(8-9-17-20)10-16-15-19-18-14(22-15)11-4-6-13(21-2)7-5-11/h4-9H,3,10H2,1-2H3,(H,16,19). The first-order valence-corrected chi connectivity index (χ1v) is 7.02. The number of nitrogens with one attached hydrogen (secondary N) is 1. The summed E-state index contributed by atoms with van der Waals surface area (Å²) in [6.45, 7) is 3.45. The Bertz CT molecular complexity index is 732. The summed E-state index contributed by atoms with van der Waals surface area (Å²) in [6.07, 6.45) is 1.77. The van der Waals surface area contributed by atoms with Gasteiger partial charge in [0.25, 0.3) is 0 Å². The summed E-state index contributed by atoms with van der Waals surface area (Å²) in [4.78, 5) is 0. The zero-order valence-corrected chi connectivity index (χ0v) is 12.5. The first-order valence-electron chi connectivity index (χ1n) is 7.02. The maximum atomic E-state index is 5.61. The minimum absolute atomic E-state index is 0.384. The molecule has 0 atom stereocenters. The van der Waals surface area contributed by atoms with Gasteiger partial charge in [-0.05, 0) is 37.3 Å². The average molecular weight is 299 g/mol. The van der Waals surface area contributed by atoms with Crippen LogP contribution >= 0.6 is 0 Å². The highest BCUT2D eigenvalue weighted by Gasteiger charge is 2.09. The third-order valence-corrected chi connectivity index (χ3v) is 3.29. The molecule has 0 amide bonds. The molecule has 0 saturated carbocycles. The molecule has 2 aromatic heterocycles. The maximum Gasteiger partial charge on any atom is 0.316 e. The van der Waals surface area contributed by atoms with E-state index in [1.165, 1.54) is 0 Å². The Balaban J connectivity index is 1.68. The lowest BCUT2D eigenvalue weighted by atomic mass is 10.2. The zero-order valence-electron chi connectivity index (χ0n) is 12.5. The number of aromatic nitrogens is 4. The van der Waals surface area contributed by atoms with Gasteiger partial charge in [-0.1, -0.05) is 5.10 Å². The van der Waals surface area contributed by atoms with E-state index < -0.39 is 0 Å². The lowest BCUT2D eigenvalue weighted by Crippen LogP contribution is -2.07. The number of methoxy groups -OCH3 is 1. The minimum Gasteiger partial charge on any atom is -0.497 e. The third kappa shape index (κ3) is 2.93. The molecular weight excluding hydrogens is 282 g/mol. The lowest BCUT2D eigenvalue weighted by Gasteiger charge is -2.04. The molecule has 0 unspecified atom stereocenters. The highest BCUT2D eigenvalue weighted by atomic mass is 16.5. The number of nitrogens with zero attached hydrogens (tertiary/aromatic N) is 4. The second-order valence-electron chi connectivity index (χ2n) is 4.63. The second kappa shape index (κ2) is 6.30. The molecule has 3 rings (SSSR count). The summed E-state index contributed by atoms with van der Waals surface area (Å²) < 4.78 is 12.6. The molecule has 0 saturated heterocycles. The monoisotopic (exact) mass is 299 g/mol. The van der Waals surface area contributed by atoms with Gasteiger partial charge in [0.15, 0.2) is 0 Å². The van der Waals surface area contributed by atoms with Gasteiger partial charge in [-0.25, -0.2) is 0 Å². The smallest absolute Gasteiger partial charge is 0.316 e. The van der Waals surface area contributed by atoms with Gasteiger partial charge in [0.2, 0.25) is 5.89 Å². The normalized spacial score (nSPS) is 10.6. The molecule has 3 aromatic rings. The van der Waals surface area contributed by atoms with Crippen LogP contribution in [-0.4, -0.2) is 27.1 Å². The van der Waals surface area contributed by atoms with Crippen LogP contribution in [0.4, 0.5) is 6.01 Å². The van der Waals surface area contributed by atoms with Gasteiger partial charge in [-0.2, -0.15) is 5.10 Å². The molecule has 0 bridgehead atoms. The van der Waals surface area contributed by atoms with Crippen molar-refractivity contribution in [3.05, 3.63) is 42.2 Å². The highest BCUT2D eigenvalue weighted by molar-refractivity contribution is 5.54. The Labute approximate surface area is 127 Å². The third-order valence-electron chi connectivity index (χ3n) is 3.29. The summed E-state index contributed by atoms with van der Waals surface area (Å²) in [5.41, 5.74) is 1.91. The Morgan fingerprint density at radius 2 is 2.00 bits per heavy atom. The molecule has 0 aliphatic rings. The van der Waals surface area contributed by atoms with Crippen molar-refractivity contribution in [2.75, 3.05) is 12.4 Å². The second-order valence-corrected chi connectivity index (χ2v) is 4.63. The predicted octanol–water partition coefficient (Wildman–Crippen LogP) is 2.57. The van der Waals surface area contributed by atoms with E-state index in [2.05, 4.69) is 20.6 Å². The van der Waals surface area contributed by atoms with E-state index in [1.54, 1.807) is 13.3 Å². The number of hydrogen-bond donors (Lipinski definition) is 1. The van der Waals surface area contributed by atoms with Crippen LogP contribution in [-0.2, 0) is 13.1 Å². The van der Waals surface area contributed by atoms with Gasteiger partial charge < -0.3 is 14.5 Å². The SMILES string of the molecule is CCn1nccc1CNc1nnc(-c2ccc(OC)cc2)o1. The quantitative estimate of drug-likeness (QED) is 0.753. The van der Waals surface area contributed by atoms with Crippen molar-refractivity contribution in [2.45, 2.75) is 20.0 Å². The molecule has 22 heavy (non-hydrogen) atoms. The van der Waals surface area contributed by atoms with Gasteiger partial charge in [0, 0.05) is 18.3 Å². The fourth-order valence-corrected chi connectivity index (χ4v) is 2.11. The van der Waals surface area contributed by atoms with Crippen LogP contribution in [0.2, 0.25) is 0 Å². The van der Waals surface area contributed by atoms with Crippen LogP contribution in [0.1, 0.15) is 12.6 Å². The van der Waals surface area contributed by atoms with Gasteiger partial charge in [-0.15, -0.1) is 5.10 Å². The molecule has 114 valence electrons. The number of aryl methyl sites for hydroxylation is 1. The number of anilines is 1. The van der Waals surface area contributed by atoms with Crippen molar-refractivity contribution in [1.82, 2.24) is 20.0 Å². The van der Waals surface area contributed by atoms with E-state index >= 15 is 0 Å². The first-order chi connectivity index (χ1) is 10.8. The lowest BCUT2D eigenvalue weighted by molar-refractivity contribution is 0.415. The maximum absolute atomic E-state index is 5.61. The Hall–Kier alpha value is -2.83. The van der Waals surface area contributed by atoms with E-state index in [4.69, 9.17) is 9.15 Å². The summed E-state index contributed by atoms with van der Waals surface area (Å²) in [5, 5.41) is 15.4. The van der Waals surface area contributed by atoms with Gasteiger partial charge in [0.1, 0.15) is 5.75 Å². The van der Waals surface area contributed by atoms with E-state index in [0.717, 1.165) is 23.6 Å². The van der Waals surface area contributed by atoms with Crippen molar-refractivity contribution in [3.63, 3.8) is 0 Å². The van der Waals surface area contributed by atoms with E-state index in [1.807, 2.05) is 41.9 Å². The number of hydrogen-bond acceptors (Lipinski definition) is 6. The molecule has 0 aliphatic heterocycles. The molecule has 0 aliphatic carbocycles. The van der Waals surface area contributed by atoms with Crippen LogP contribution in [0.5, 0.6) is 5.75 Å². The van der Waals surface area contributed by atoms with Crippen LogP contribution in [0.3, 0.4) is 0 Å². The molecule has 1 aromatic carbocycles. The van der Waals surface area contributed by atoms with Gasteiger partial charge >= 0.3 is 6.01 Å². The fourth-order valence-electron chi connectivity index (χ4n) is 2.11. The van der Waals surface area contributed by atoms with E-state index in [0.29, 0.717) is 18.5 Å². The van der Waals surface area contributed by atoms with Crippen LogP contribution < -0.4 is 10.1 Å². The molecule has 0 radical (unpaired) electrons. The van der Waals surface area contributed by atoms with Gasteiger partial charge in [0.05, 0.1) is 19.3 Å². The summed E-state index contributed by atoms with van der Waals surface area (Å²) in [7, 11) is 1.63. The van der Waals surface area contributed by atoms with Gasteiger partial charge in [-0.3, -0.25) is 4.68 Å². The molecule has 1 N–H and O–H groups in total. The fraction of sp³-hybridized carbons (Fsp3) is 0.267. The van der Waals surface area contributed by atoms with Crippen molar-refractivity contribution in [2.24, 2.45) is 0 Å². The van der Waals surface area contributed by atoms with Crippen molar-refractivity contribution in [1.29, 1.82) is 0 Å². The Kier molecular flexibility index (Phi) is 4.04.